The van der Waals surface area contributed by atoms with Crippen LogP contribution >= 0.6 is 11.3 Å². The average Bonchev–Trinajstić information content (AvgIpc) is 3.09. The van der Waals surface area contributed by atoms with Gasteiger partial charge in [0.1, 0.15) is 10.8 Å². The first-order valence-corrected chi connectivity index (χ1v) is 9.03. The fourth-order valence-corrected chi connectivity index (χ4v) is 4.04. The Balaban J connectivity index is 1.73. The van der Waals surface area contributed by atoms with E-state index in [1.54, 1.807) is 18.4 Å². The Hall–Kier alpha value is -1.43. The van der Waals surface area contributed by atoms with Crippen LogP contribution in [0.4, 0.5) is 0 Å². The van der Waals surface area contributed by atoms with E-state index in [0.717, 1.165) is 55.5 Å². The monoisotopic (exact) mass is 332 g/mol. The number of ether oxygens (including phenoxy) is 2. The molecule has 1 saturated heterocycles. The van der Waals surface area contributed by atoms with Gasteiger partial charge in [0.05, 0.1) is 12.7 Å². The lowest BCUT2D eigenvalue weighted by Gasteiger charge is -2.33. The van der Waals surface area contributed by atoms with Gasteiger partial charge in [0.15, 0.2) is 0 Å². The maximum atomic E-state index is 5.48. The van der Waals surface area contributed by atoms with E-state index in [1.165, 1.54) is 4.88 Å². The van der Waals surface area contributed by atoms with Crippen molar-refractivity contribution in [3.63, 3.8) is 0 Å². The summed E-state index contributed by atoms with van der Waals surface area (Å²) < 4.78 is 10.9. The molecule has 2 aromatic rings. The van der Waals surface area contributed by atoms with E-state index >= 15 is 0 Å². The molecule has 124 valence electrons. The molecule has 1 aliphatic rings. The first-order chi connectivity index (χ1) is 11.3. The highest BCUT2D eigenvalue weighted by molar-refractivity contribution is 7.15. The molecule has 5 heteroatoms. The molecule has 0 unspecified atom stereocenters. The second-order valence-corrected chi connectivity index (χ2v) is 6.85. The van der Waals surface area contributed by atoms with E-state index in [9.17, 15) is 0 Å². The van der Waals surface area contributed by atoms with Crippen LogP contribution in [0.1, 0.15) is 24.6 Å². The lowest BCUT2D eigenvalue weighted by Crippen LogP contribution is -2.38. The van der Waals surface area contributed by atoms with E-state index in [2.05, 4.69) is 22.9 Å². The number of thiazole rings is 1. The summed E-state index contributed by atoms with van der Waals surface area (Å²) in [4.78, 5) is 8.46. The molecule has 1 aromatic carbocycles. The standard InChI is InChI=1S/C18H24N2O2S/c1-3-20(14-8-10-22-11-9-14)13-15-12-19-18(23-15)16-6-4-5-7-17(16)21-2/h4-7,12,14H,3,8-11,13H2,1-2H3. The molecule has 0 aliphatic carbocycles. The largest absolute Gasteiger partial charge is 0.496 e. The van der Waals surface area contributed by atoms with E-state index in [0.29, 0.717) is 6.04 Å². The van der Waals surface area contributed by atoms with Gasteiger partial charge in [-0.2, -0.15) is 0 Å². The lowest BCUT2D eigenvalue weighted by molar-refractivity contribution is 0.0333. The van der Waals surface area contributed by atoms with Gasteiger partial charge in [0, 0.05) is 36.9 Å². The summed E-state index contributed by atoms with van der Waals surface area (Å²) in [5.41, 5.74) is 1.07. The van der Waals surface area contributed by atoms with Gasteiger partial charge in [-0.1, -0.05) is 19.1 Å². The van der Waals surface area contributed by atoms with Crippen LogP contribution in [0.3, 0.4) is 0 Å². The summed E-state index contributed by atoms with van der Waals surface area (Å²) in [6.07, 6.45) is 4.27. The van der Waals surface area contributed by atoms with Gasteiger partial charge in [-0.05, 0) is 31.5 Å². The number of methoxy groups -OCH3 is 1. The Morgan fingerprint density at radius 2 is 2.09 bits per heavy atom. The summed E-state index contributed by atoms with van der Waals surface area (Å²) in [6, 6.07) is 8.69. The van der Waals surface area contributed by atoms with E-state index < -0.39 is 0 Å². The van der Waals surface area contributed by atoms with Gasteiger partial charge in [-0.15, -0.1) is 11.3 Å². The number of nitrogens with zero attached hydrogens (tertiary/aromatic N) is 2. The Bertz CT molecular complexity index is 623. The molecule has 0 amide bonds. The number of rotatable bonds is 6. The molecule has 4 nitrogen and oxygen atoms in total. The van der Waals surface area contributed by atoms with Crippen molar-refractivity contribution in [1.29, 1.82) is 0 Å². The summed E-state index contributed by atoms with van der Waals surface area (Å²) in [5, 5.41) is 1.03. The van der Waals surface area contributed by atoms with Crippen LogP contribution < -0.4 is 4.74 Å². The minimum atomic E-state index is 0.630. The molecule has 0 saturated carbocycles. The molecular weight excluding hydrogens is 308 g/mol. The molecule has 0 spiro atoms. The van der Waals surface area contributed by atoms with Gasteiger partial charge in [0.25, 0.3) is 0 Å². The molecule has 0 N–H and O–H groups in total. The summed E-state index contributed by atoms with van der Waals surface area (Å²) in [7, 11) is 1.71. The topological polar surface area (TPSA) is 34.6 Å². The fraction of sp³-hybridized carbons (Fsp3) is 0.500. The third-order valence-electron chi connectivity index (χ3n) is 4.36. The summed E-state index contributed by atoms with van der Waals surface area (Å²) >= 11 is 1.76. The zero-order valence-corrected chi connectivity index (χ0v) is 14.6. The fourth-order valence-electron chi connectivity index (χ4n) is 3.08. The number of para-hydroxylation sites is 1. The van der Waals surface area contributed by atoms with Gasteiger partial charge in [-0.25, -0.2) is 4.98 Å². The van der Waals surface area contributed by atoms with Crippen molar-refractivity contribution in [2.24, 2.45) is 0 Å². The minimum absolute atomic E-state index is 0.630. The van der Waals surface area contributed by atoms with Gasteiger partial charge in [0.2, 0.25) is 0 Å². The second kappa shape index (κ2) is 7.90. The van der Waals surface area contributed by atoms with Crippen LogP contribution in [0.2, 0.25) is 0 Å². The smallest absolute Gasteiger partial charge is 0.129 e. The molecule has 1 aromatic heterocycles. The average molecular weight is 332 g/mol. The number of hydrogen-bond acceptors (Lipinski definition) is 5. The highest BCUT2D eigenvalue weighted by atomic mass is 32.1. The molecule has 1 fully saturated rings. The van der Waals surface area contributed by atoms with Crippen molar-refractivity contribution in [1.82, 2.24) is 9.88 Å². The quantitative estimate of drug-likeness (QED) is 0.805. The normalized spacial score (nSPS) is 16.0. The molecule has 2 heterocycles. The molecule has 3 rings (SSSR count). The van der Waals surface area contributed by atoms with Gasteiger partial charge >= 0.3 is 0 Å². The maximum Gasteiger partial charge on any atom is 0.129 e. The Labute approximate surface area is 142 Å². The maximum absolute atomic E-state index is 5.48. The van der Waals surface area contributed by atoms with Crippen LogP contribution in [0.15, 0.2) is 30.5 Å². The van der Waals surface area contributed by atoms with E-state index in [1.807, 2.05) is 24.4 Å². The van der Waals surface area contributed by atoms with Crippen LogP contribution in [-0.4, -0.2) is 42.8 Å². The van der Waals surface area contributed by atoms with Crippen molar-refractivity contribution in [3.8, 4) is 16.3 Å². The Morgan fingerprint density at radius 1 is 1.30 bits per heavy atom. The summed E-state index contributed by atoms with van der Waals surface area (Å²) in [6.45, 7) is 6.03. The summed E-state index contributed by atoms with van der Waals surface area (Å²) in [5.74, 6) is 0.880. The van der Waals surface area contributed by atoms with Crippen molar-refractivity contribution in [3.05, 3.63) is 35.3 Å². The van der Waals surface area contributed by atoms with Crippen LogP contribution in [0, 0.1) is 0 Å². The first-order valence-electron chi connectivity index (χ1n) is 8.21. The molecule has 1 aliphatic heterocycles. The van der Waals surface area contributed by atoms with Crippen LogP contribution in [-0.2, 0) is 11.3 Å². The highest BCUT2D eigenvalue weighted by Crippen LogP contribution is 2.33. The van der Waals surface area contributed by atoms with Crippen molar-refractivity contribution >= 4 is 11.3 Å². The third-order valence-corrected chi connectivity index (χ3v) is 5.38. The Kier molecular flexibility index (Phi) is 5.65. The lowest BCUT2D eigenvalue weighted by atomic mass is 10.1. The molecule has 23 heavy (non-hydrogen) atoms. The van der Waals surface area contributed by atoms with Crippen LogP contribution in [0.25, 0.3) is 10.6 Å². The van der Waals surface area contributed by atoms with Crippen LogP contribution in [0.5, 0.6) is 5.75 Å². The number of aromatic nitrogens is 1. The van der Waals surface area contributed by atoms with E-state index in [-0.39, 0.29) is 0 Å². The van der Waals surface area contributed by atoms with Gasteiger partial charge in [-0.3, -0.25) is 4.90 Å². The van der Waals surface area contributed by atoms with Crippen molar-refractivity contribution in [2.75, 3.05) is 26.9 Å². The molecule has 0 bridgehead atoms. The van der Waals surface area contributed by atoms with Crippen molar-refractivity contribution in [2.45, 2.75) is 32.4 Å². The predicted octanol–water partition coefficient (Wildman–Crippen LogP) is 3.82. The number of benzene rings is 1. The Morgan fingerprint density at radius 3 is 2.83 bits per heavy atom. The predicted molar refractivity (Wildman–Crippen MR) is 94.0 cm³/mol. The highest BCUT2D eigenvalue weighted by Gasteiger charge is 2.21. The minimum Gasteiger partial charge on any atom is -0.496 e. The second-order valence-electron chi connectivity index (χ2n) is 5.74. The SMILES string of the molecule is CCN(Cc1cnc(-c2ccccc2OC)s1)C1CCOCC1. The zero-order valence-electron chi connectivity index (χ0n) is 13.8. The molecular formula is C18H24N2O2S. The van der Waals surface area contributed by atoms with Gasteiger partial charge < -0.3 is 9.47 Å². The third kappa shape index (κ3) is 3.91. The first kappa shape index (κ1) is 16.4. The number of hydrogen-bond donors (Lipinski definition) is 0. The van der Waals surface area contributed by atoms with E-state index in [4.69, 9.17) is 9.47 Å². The molecule has 0 atom stereocenters. The molecule has 0 radical (unpaired) electrons. The zero-order chi connectivity index (χ0) is 16.1. The van der Waals surface area contributed by atoms with Crippen molar-refractivity contribution < 1.29 is 9.47 Å².